The SMILES string of the molecule is O=S(=O)(c1cc(CCl)cc(F)c1F)N1CCCCCCC1. The Kier molecular flexibility index (Phi) is 5.57. The van der Waals surface area contributed by atoms with E-state index in [0.29, 0.717) is 13.1 Å². The Morgan fingerprint density at radius 2 is 1.62 bits per heavy atom. The van der Waals surface area contributed by atoms with Crippen LogP contribution in [0.1, 0.15) is 37.7 Å². The number of alkyl halides is 1. The van der Waals surface area contributed by atoms with Gasteiger partial charge in [0, 0.05) is 19.0 Å². The van der Waals surface area contributed by atoms with Crippen molar-refractivity contribution in [1.29, 1.82) is 0 Å². The number of benzene rings is 1. The van der Waals surface area contributed by atoms with E-state index in [-0.39, 0.29) is 11.4 Å². The Balaban J connectivity index is 2.40. The zero-order valence-corrected chi connectivity index (χ0v) is 13.2. The number of nitrogens with zero attached hydrogens (tertiary/aromatic N) is 1. The smallest absolute Gasteiger partial charge is 0.207 e. The van der Waals surface area contributed by atoms with Gasteiger partial charge in [-0.05, 0) is 30.5 Å². The first-order chi connectivity index (χ1) is 9.96. The fourth-order valence-corrected chi connectivity index (χ4v) is 4.28. The molecule has 7 heteroatoms. The second-order valence-corrected chi connectivity index (χ2v) is 7.37. The molecule has 1 heterocycles. The van der Waals surface area contributed by atoms with Crippen molar-refractivity contribution in [3.05, 3.63) is 29.3 Å². The maximum absolute atomic E-state index is 13.9. The van der Waals surface area contributed by atoms with E-state index in [9.17, 15) is 17.2 Å². The number of halogens is 3. The molecule has 118 valence electrons. The topological polar surface area (TPSA) is 37.4 Å². The molecule has 1 aliphatic rings. The molecule has 1 fully saturated rings. The van der Waals surface area contributed by atoms with Gasteiger partial charge in [0.15, 0.2) is 11.6 Å². The number of sulfonamides is 1. The molecule has 0 bridgehead atoms. The summed E-state index contributed by atoms with van der Waals surface area (Å²) in [5, 5.41) is 0. The van der Waals surface area contributed by atoms with Crippen LogP contribution in [-0.2, 0) is 15.9 Å². The number of rotatable bonds is 3. The van der Waals surface area contributed by atoms with Gasteiger partial charge >= 0.3 is 0 Å². The van der Waals surface area contributed by atoms with Crippen molar-refractivity contribution >= 4 is 21.6 Å². The summed E-state index contributed by atoms with van der Waals surface area (Å²) < 4.78 is 53.9. The molecule has 0 spiro atoms. The first-order valence-corrected chi connectivity index (χ1v) is 8.98. The van der Waals surface area contributed by atoms with Crippen LogP contribution in [-0.4, -0.2) is 25.8 Å². The third kappa shape index (κ3) is 3.73. The molecular formula is C14H18ClF2NO2S. The number of hydrogen-bond acceptors (Lipinski definition) is 2. The Morgan fingerprint density at radius 3 is 2.19 bits per heavy atom. The molecule has 2 rings (SSSR count). The zero-order chi connectivity index (χ0) is 15.5. The lowest BCUT2D eigenvalue weighted by atomic mass is 10.1. The van der Waals surface area contributed by atoms with E-state index in [4.69, 9.17) is 11.6 Å². The molecule has 0 radical (unpaired) electrons. The van der Waals surface area contributed by atoms with Crippen LogP contribution in [0.15, 0.2) is 17.0 Å². The minimum atomic E-state index is -4.03. The summed E-state index contributed by atoms with van der Waals surface area (Å²) in [7, 11) is -4.03. The highest BCUT2D eigenvalue weighted by Crippen LogP contribution is 2.25. The van der Waals surface area contributed by atoms with E-state index >= 15 is 0 Å². The Labute approximate surface area is 129 Å². The van der Waals surface area contributed by atoms with Crippen molar-refractivity contribution in [3.8, 4) is 0 Å². The molecule has 1 aliphatic heterocycles. The van der Waals surface area contributed by atoms with E-state index in [0.717, 1.165) is 44.2 Å². The first kappa shape index (κ1) is 16.6. The molecule has 1 saturated heterocycles. The average molecular weight is 338 g/mol. The van der Waals surface area contributed by atoms with E-state index in [1.54, 1.807) is 0 Å². The van der Waals surface area contributed by atoms with Crippen molar-refractivity contribution in [2.45, 2.75) is 42.9 Å². The van der Waals surface area contributed by atoms with Crippen LogP contribution >= 0.6 is 11.6 Å². The molecule has 0 unspecified atom stereocenters. The van der Waals surface area contributed by atoms with Gasteiger partial charge in [-0.1, -0.05) is 19.3 Å². The van der Waals surface area contributed by atoms with Crippen LogP contribution in [0.2, 0.25) is 0 Å². The Bertz CT molecular complexity index is 599. The van der Waals surface area contributed by atoms with Crippen molar-refractivity contribution in [2.75, 3.05) is 13.1 Å². The minimum absolute atomic E-state index is 0.0697. The van der Waals surface area contributed by atoms with Crippen LogP contribution in [0.4, 0.5) is 8.78 Å². The normalized spacial score (nSPS) is 18.2. The van der Waals surface area contributed by atoms with E-state index in [1.165, 1.54) is 4.31 Å². The molecule has 0 saturated carbocycles. The fourth-order valence-electron chi connectivity index (χ4n) is 2.48. The highest BCUT2D eigenvalue weighted by molar-refractivity contribution is 7.89. The van der Waals surface area contributed by atoms with Crippen molar-refractivity contribution in [1.82, 2.24) is 4.31 Å². The van der Waals surface area contributed by atoms with Crippen LogP contribution in [0.3, 0.4) is 0 Å². The lowest BCUT2D eigenvalue weighted by Gasteiger charge is -2.24. The highest BCUT2D eigenvalue weighted by atomic mass is 35.5. The summed E-state index contributed by atoms with van der Waals surface area (Å²) >= 11 is 5.61. The molecule has 0 aliphatic carbocycles. The predicted molar refractivity (Wildman–Crippen MR) is 77.8 cm³/mol. The molecule has 1 aromatic carbocycles. The van der Waals surface area contributed by atoms with Gasteiger partial charge in [0.05, 0.1) is 0 Å². The average Bonchev–Trinajstić information content (AvgIpc) is 2.40. The van der Waals surface area contributed by atoms with Crippen LogP contribution in [0.5, 0.6) is 0 Å². The zero-order valence-electron chi connectivity index (χ0n) is 11.6. The molecule has 0 N–H and O–H groups in total. The molecule has 21 heavy (non-hydrogen) atoms. The molecule has 0 aromatic heterocycles. The largest absolute Gasteiger partial charge is 0.246 e. The van der Waals surface area contributed by atoms with E-state index in [2.05, 4.69) is 0 Å². The maximum atomic E-state index is 13.9. The van der Waals surface area contributed by atoms with Crippen molar-refractivity contribution in [2.24, 2.45) is 0 Å². The summed E-state index contributed by atoms with van der Waals surface area (Å²) in [6.07, 6.45) is 4.45. The highest BCUT2D eigenvalue weighted by Gasteiger charge is 2.29. The van der Waals surface area contributed by atoms with Gasteiger partial charge < -0.3 is 0 Å². The van der Waals surface area contributed by atoms with Gasteiger partial charge in [-0.2, -0.15) is 4.31 Å². The minimum Gasteiger partial charge on any atom is -0.207 e. The van der Waals surface area contributed by atoms with Gasteiger partial charge in [0.2, 0.25) is 10.0 Å². The molecule has 1 aromatic rings. The van der Waals surface area contributed by atoms with Crippen LogP contribution in [0.25, 0.3) is 0 Å². The van der Waals surface area contributed by atoms with Gasteiger partial charge in [0.1, 0.15) is 4.90 Å². The Morgan fingerprint density at radius 1 is 1.05 bits per heavy atom. The quantitative estimate of drug-likeness (QED) is 0.789. The van der Waals surface area contributed by atoms with E-state index in [1.807, 2.05) is 0 Å². The fraction of sp³-hybridized carbons (Fsp3) is 0.571. The predicted octanol–water partition coefficient (Wildman–Crippen LogP) is 3.66. The van der Waals surface area contributed by atoms with Crippen LogP contribution < -0.4 is 0 Å². The summed E-state index contributed by atoms with van der Waals surface area (Å²) in [6.45, 7) is 0.684. The van der Waals surface area contributed by atoms with Crippen LogP contribution in [0, 0.1) is 11.6 Å². The summed E-state index contributed by atoms with van der Waals surface area (Å²) in [4.78, 5) is -0.612. The second kappa shape index (κ2) is 7.03. The van der Waals surface area contributed by atoms with Gasteiger partial charge in [0.25, 0.3) is 0 Å². The molecule has 0 atom stereocenters. The molecule has 0 amide bonds. The third-order valence-electron chi connectivity index (χ3n) is 3.64. The maximum Gasteiger partial charge on any atom is 0.246 e. The van der Waals surface area contributed by atoms with Crippen molar-refractivity contribution in [3.63, 3.8) is 0 Å². The molecular weight excluding hydrogens is 320 g/mol. The molecule has 3 nitrogen and oxygen atoms in total. The van der Waals surface area contributed by atoms with E-state index < -0.39 is 26.6 Å². The number of hydrogen-bond donors (Lipinski definition) is 0. The summed E-state index contributed by atoms with van der Waals surface area (Å²) in [5.41, 5.74) is 0.251. The Hall–Kier alpha value is -0.720. The van der Waals surface area contributed by atoms with Crippen molar-refractivity contribution < 1.29 is 17.2 Å². The van der Waals surface area contributed by atoms with Gasteiger partial charge in [-0.15, -0.1) is 11.6 Å². The standard InChI is InChI=1S/C14H18ClF2NO2S/c15-10-11-8-12(16)14(17)13(9-11)21(19,20)18-6-4-2-1-3-5-7-18/h8-9H,1-7,10H2. The van der Waals surface area contributed by atoms with Gasteiger partial charge in [-0.25, -0.2) is 17.2 Å². The summed E-state index contributed by atoms with van der Waals surface area (Å²) in [6, 6.07) is 2.05. The second-order valence-electron chi connectivity index (χ2n) is 5.20. The third-order valence-corrected chi connectivity index (χ3v) is 5.85. The lowest BCUT2D eigenvalue weighted by Crippen LogP contribution is -2.34. The summed E-state index contributed by atoms with van der Waals surface area (Å²) in [5.74, 6) is -2.58. The first-order valence-electron chi connectivity index (χ1n) is 7.01. The lowest BCUT2D eigenvalue weighted by molar-refractivity contribution is 0.361. The van der Waals surface area contributed by atoms with Gasteiger partial charge in [-0.3, -0.25) is 0 Å². The monoisotopic (exact) mass is 337 g/mol.